The minimum Gasteiger partial charge on any atom is -0.467 e. The number of nitrogens with one attached hydrogen (secondary N) is 2. The number of furan rings is 1. The van der Waals surface area contributed by atoms with Crippen molar-refractivity contribution in [1.82, 2.24) is 15.5 Å². The smallest absolute Gasteiger partial charge is 0.234 e. The maximum absolute atomic E-state index is 12.3. The van der Waals surface area contributed by atoms with Crippen LogP contribution in [-0.4, -0.2) is 41.9 Å². The molecule has 23 heavy (non-hydrogen) atoms. The van der Waals surface area contributed by atoms with Crippen molar-refractivity contribution in [1.29, 1.82) is 0 Å². The fourth-order valence-corrected chi connectivity index (χ4v) is 2.74. The lowest BCUT2D eigenvalue weighted by Crippen LogP contribution is -2.50. The number of rotatable bonds is 5. The van der Waals surface area contributed by atoms with Crippen molar-refractivity contribution in [3.8, 4) is 0 Å². The Morgan fingerprint density at radius 3 is 2.83 bits per heavy atom. The van der Waals surface area contributed by atoms with Gasteiger partial charge in [0.15, 0.2) is 0 Å². The van der Waals surface area contributed by atoms with Gasteiger partial charge in [-0.2, -0.15) is 0 Å². The first-order valence-corrected chi connectivity index (χ1v) is 8.17. The third kappa shape index (κ3) is 6.06. The van der Waals surface area contributed by atoms with Crippen LogP contribution in [0.15, 0.2) is 22.8 Å². The first-order chi connectivity index (χ1) is 10.8. The molecule has 1 aromatic heterocycles. The van der Waals surface area contributed by atoms with Crippen molar-refractivity contribution >= 4 is 11.8 Å². The van der Waals surface area contributed by atoms with Gasteiger partial charge >= 0.3 is 0 Å². The first kappa shape index (κ1) is 17.5. The van der Waals surface area contributed by atoms with Gasteiger partial charge in [0.1, 0.15) is 5.76 Å². The Bertz CT molecular complexity index is 520. The summed E-state index contributed by atoms with van der Waals surface area (Å²) in [5.41, 5.74) is -0.222. The van der Waals surface area contributed by atoms with E-state index in [1.54, 1.807) is 12.3 Å². The Kier molecular flexibility index (Phi) is 5.82. The quantitative estimate of drug-likeness (QED) is 0.862. The first-order valence-electron chi connectivity index (χ1n) is 8.17. The topological polar surface area (TPSA) is 74.6 Å². The Morgan fingerprint density at radius 2 is 2.17 bits per heavy atom. The van der Waals surface area contributed by atoms with Crippen molar-refractivity contribution in [2.75, 3.05) is 19.6 Å². The Balaban J connectivity index is 1.77. The molecule has 2 heterocycles. The zero-order chi connectivity index (χ0) is 16.9. The summed E-state index contributed by atoms with van der Waals surface area (Å²) < 4.78 is 5.19. The van der Waals surface area contributed by atoms with E-state index in [2.05, 4.69) is 10.6 Å². The second kappa shape index (κ2) is 7.64. The number of likely N-dealkylation sites (tertiary alicyclic amines) is 1. The fraction of sp³-hybridized carbons (Fsp3) is 0.647. The van der Waals surface area contributed by atoms with Crippen molar-refractivity contribution in [2.45, 2.75) is 45.7 Å². The standard InChI is InChI=1S/C17H27N3O3/c1-17(2,3)19-16(22)13-6-4-8-20(11-13)12-15(21)18-10-14-7-5-9-23-14/h5,7,9,13H,4,6,8,10-12H2,1-3H3,(H,18,21)(H,19,22). The highest BCUT2D eigenvalue weighted by Gasteiger charge is 2.28. The van der Waals surface area contributed by atoms with Crippen LogP contribution in [0.4, 0.5) is 0 Å². The van der Waals surface area contributed by atoms with Crippen LogP contribution < -0.4 is 10.6 Å². The number of amides is 2. The highest BCUT2D eigenvalue weighted by atomic mass is 16.3. The lowest BCUT2D eigenvalue weighted by Gasteiger charge is -2.33. The molecule has 0 aliphatic carbocycles. The van der Waals surface area contributed by atoms with Crippen LogP contribution >= 0.6 is 0 Å². The number of nitrogens with zero attached hydrogens (tertiary/aromatic N) is 1. The average Bonchev–Trinajstić information content (AvgIpc) is 2.97. The predicted octanol–water partition coefficient (Wildman–Crippen LogP) is 1.52. The summed E-state index contributed by atoms with van der Waals surface area (Å²) >= 11 is 0. The van der Waals surface area contributed by atoms with Crippen LogP contribution in [-0.2, 0) is 16.1 Å². The molecule has 2 N–H and O–H groups in total. The maximum Gasteiger partial charge on any atom is 0.234 e. The van der Waals surface area contributed by atoms with Crippen LogP contribution in [0.25, 0.3) is 0 Å². The minimum absolute atomic E-state index is 0.0409. The second-order valence-corrected chi connectivity index (χ2v) is 7.17. The lowest BCUT2D eigenvalue weighted by atomic mass is 9.95. The van der Waals surface area contributed by atoms with E-state index in [1.165, 1.54) is 0 Å². The van der Waals surface area contributed by atoms with Crippen molar-refractivity contribution in [2.24, 2.45) is 5.92 Å². The molecule has 1 saturated heterocycles. The summed E-state index contributed by atoms with van der Waals surface area (Å²) in [6, 6.07) is 3.62. The van der Waals surface area contributed by atoms with Crippen molar-refractivity contribution < 1.29 is 14.0 Å². The van der Waals surface area contributed by atoms with Gasteiger partial charge in [-0.25, -0.2) is 0 Å². The monoisotopic (exact) mass is 321 g/mol. The van der Waals surface area contributed by atoms with Crippen LogP contribution in [0.5, 0.6) is 0 Å². The van der Waals surface area contributed by atoms with E-state index in [1.807, 2.05) is 31.7 Å². The molecule has 6 nitrogen and oxygen atoms in total. The summed E-state index contributed by atoms with van der Waals surface area (Å²) in [5.74, 6) is 0.733. The SMILES string of the molecule is CC(C)(C)NC(=O)C1CCCN(CC(=O)NCc2ccco2)C1. The van der Waals surface area contributed by atoms with Crippen LogP contribution in [0.1, 0.15) is 39.4 Å². The summed E-state index contributed by atoms with van der Waals surface area (Å²) in [4.78, 5) is 26.3. The summed E-state index contributed by atoms with van der Waals surface area (Å²) in [6.07, 6.45) is 3.41. The Labute approximate surface area is 137 Å². The molecule has 0 aromatic carbocycles. The van der Waals surface area contributed by atoms with Gasteiger partial charge < -0.3 is 15.1 Å². The Morgan fingerprint density at radius 1 is 1.39 bits per heavy atom. The van der Waals surface area contributed by atoms with E-state index in [9.17, 15) is 9.59 Å². The molecule has 0 bridgehead atoms. The van der Waals surface area contributed by atoms with Crippen LogP contribution in [0, 0.1) is 5.92 Å². The number of carbonyl (C=O) groups is 2. The molecule has 6 heteroatoms. The number of carbonyl (C=O) groups excluding carboxylic acids is 2. The highest BCUT2D eigenvalue weighted by Crippen LogP contribution is 2.17. The molecule has 0 spiro atoms. The normalized spacial score (nSPS) is 19.3. The van der Waals surface area contributed by atoms with E-state index >= 15 is 0 Å². The highest BCUT2D eigenvalue weighted by molar-refractivity contribution is 5.80. The summed E-state index contributed by atoms with van der Waals surface area (Å²) in [6.45, 7) is 8.14. The molecule has 2 rings (SSSR count). The van der Waals surface area contributed by atoms with Gasteiger partial charge in [0.05, 0.1) is 25.3 Å². The van der Waals surface area contributed by atoms with Gasteiger partial charge in [0.25, 0.3) is 0 Å². The molecule has 1 aromatic rings. The molecule has 128 valence electrons. The maximum atomic E-state index is 12.3. The molecule has 1 unspecified atom stereocenters. The molecule has 1 fully saturated rings. The van der Waals surface area contributed by atoms with Gasteiger partial charge in [-0.15, -0.1) is 0 Å². The molecule has 1 aliphatic heterocycles. The zero-order valence-corrected chi connectivity index (χ0v) is 14.2. The summed E-state index contributed by atoms with van der Waals surface area (Å²) in [7, 11) is 0. The van der Waals surface area contributed by atoms with Crippen molar-refractivity contribution in [3.63, 3.8) is 0 Å². The lowest BCUT2D eigenvalue weighted by molar-refractivity contribution is -0.130. The van der Waals surface area contributed by atoms with Gasteiger partial charge in [0.2, 0.25) is 11.8 Å². The van der Waals surface area contributed by atoms with Gasteiger partial charge in [-0.1, -0.05) is 0 Å². The van der Waals surface area contributed by atoms with Gasteiger partial charge in [-0.05, 0) is 52.3 Å². The molecule has 1 atom stereocenters. The number of hydrogen-bond acceptors (Lipinski definition) is 4. The molecular weight excluding hydrogens is 294 g/mol. The molecule has 0 radical (unpaired) electrons. The molecule has 0 saturated carbocycles. The van der Waals surface area contributed by atoms with Crippen molar-refractivity contribution in [3.05, 3.63) is 24.2 Å². The fourth-order valence-electron chi connectivity index (χ4n) is 2.74. The third-order valence-electron chi connectivity index (χ3n) is 3.78. The van der Waals surface area contributed by atoms with Gasteiger partial charge in [-0.3, -0.25) is 14.5 Å². The molecular formula is C17H27N3O3. The Hall–Kier alpha value is -1.82. The minimum atomic E-state index is -0.222. The van der Waals surface area contributed by atoms with E-state index in [0.717, 1.165) is 25.1 Å². The number of hydrogen-bond donors (Lipinski definition) is 2. The van der Waals surface area contributed by atoms with E-state index in [4.69, 9.17) is 4.42 Å². The number of piperidine rings is 1. The van der Waals surface area contributed by atoms with E-state index in [0.29, 0.717) is 19.6 Å². The van der Waals surface area contributed by atoms with E-state index < -0.39 is 0 Å². The van der Waals surface area contributed by atoms with Gasteiger partial charge in [0, 0.05) is 12.1 Å². The second-order valence-electron chi connectivity index (χ2n) is 7.17. The summed E-state index contributed by atoms with van der Waals surface area (Å²) in [5, 5.41) is 5.87. The van der Waals surface area contributed by atoms with E-state index in [-0.39, 0.29) is 23.3 Å². The van der Waals surface area contributed by atoms with Crippen LogP contribution in [0.3, 0.4) is 0 Å². The molecule has 2 amide bonds. The molecule has 1 aliphatic rings. The largest absolute Gasteiger partial charge is 0.467 e. The third-order valence-corrected chi connectivity index (χ3v) is 3.78. The zero-order valence-electron chi connectivity index (χ0n) is 14.2. The predicted molar refractivity (Wildman–Crippen MR) is 87.6 cm³/mol. The van der Waals surface area contributed by atoms with Crippen LogP contribution in [0.2, 0.25) is 0 Å². The average molecular weight is 321 g/mol.